The Hall–Kier alpha value is -3.10. The van der Waals surface area contributed by atoms with Gasteiger partial charge in [-0.25, -0.2) is 9.59 Å². The number of anilines is 1. The zero-order valence-electron chi connectivity index (χ0n) is 18.5. The summed E-state index contributed by atoms with van der Waals surface area (Å²) in [4.78, 5) is 51.0. The molecule has 2 aliphatic rings. The topological polar surface area (TPSA) is 117 Å². The maximum Gasteiger partial charge on any atom is 0.321 e. The number of benzene rings is 1. The molecule has 2 unspecified atom stereocenters. The Morgan fingerprint density at radius 1 is 1.00 bits per heavy atom. The molecule has 3 rings (SSSR count). The highest BCUT2D eigenvalue weighted by molar-refractivity contribution is 5.97. The Kier molecular flexibility index (Phi) is 8.47. The number of rotatable bonds is 5. The first-order valence-corrected chi connectivity index (χ1v) is 11.3. The van der Waals surface area contributed by atoms with Crippen LogP contribution in [0.15, 0.2) is 30.3 Å². The highest BCUT2D eigenvalue weighted by Gasteiger charge is 2.32. The fourth-order valence-corrected chi connectivity index (χ4v) is 4.08. The smallest absolute Gasteiger partial charge is 0.321 e. The van der Waals surface area contributed by atoms with Gasteiger partial charge in [0, 0.05) is 24.8 Å². The van der Waals surface area contributed by atoms with E-state index in [4.69, 9.17) is 4.74 Å². The lowest BCUT2D eigenvalue weighted by Gasteiger charge is -2.32. The van der Waals surface area contributed by atoms with Crippen LogP contribution >= 0.6 is 0 Å². The number of ether oxygens (including phenoxy) is 1. The van der Waals surface area contributed by atoms with Gasteiger partial charge in [-0.15, -0.1) is 0 Å². The molecule has 1 saturated heterocycles. The molecule has 1 aromatic carbocycles. The number of carbonyl (C=O) groups is 4. The van der Waals surface area contributed by atoms with Gasteiger partial charge in [0.2, 0.25) is 0 Å². The molecule has 1 aromatic rings. The van der Waals surface area contributed by atoms with Crippen molar-refractivity contribution < 1.29 is 23.9 Å². The molecule has 5 amide bonds. The number of amides is 5. The van der Waals surface area contributed by atoms with Crippen LogP contribution < -0.4 is 16.0 Å². The van der Waals surface area contributed by atoms with E-state index >= 15 is 0 Å². The molecule has 0 spiro atoms. The third kappa shape index (κ3) is 6.96. The van der Waals surface area contributed by atoms with Gasteiger partial charge < -0.3 is 20.3 Å². The van der Waals surface area contributed by atoms with Gasteiger partial charge in [-0.05, 0) is 44.7 Å². The molecule has 9 heteroatoms. The van der Waals surface area contributed by atoms with E-state index < -0.39 is 29.9 Å². The minimum Gasteiger partial charge on any atom is -0.452 e. The van der Waals surface area contributed by atoms with Gasteiger partial charge in [0.1, 0.15) is 0 Å². The maximum atomic E-state index is 12.6. The van der Waals surface area contributed by atoms with Crippen LogP contribution in [0.1, 0.15) is 51.9 Å². The first-order valence-electron chi connectivity index (χ1n) is 11.3. The second-order valence-corrected chi connectivity index (χ2v) is 8.46. The van der Waals surface area contributed by atoms with Crippen molar-refractivity contribution in [2.75, 3.05) is 18.4 Å². The number of esters is 1. The molecular weight excluding hydrogens is 412 g/mol. The molecule has 2 fully saturated rings. The molecule has 1 aliphatic carbocycles. The number of nitrogens with zero attached hydrogens (tertiary/aromatic N) is 1. The van der Waals surface area contributed by atoms with Crippen molar-refractivity contribution in [3.05, 3.63) is 30.3 Å². The van der Waals surface area contributed by atoms with Crippen LogP contribution in [0.5, 0.6) is 0 Å². The van der Waals surface area contributed by atoms with Crippen molar-refractivity contribution in [3.8, 4) is 0 Å². The minimum absolute atomic E-state index is 0.0738. The van der Waals surface area contributed by atoms with Crippen LogP contribution in [-0.4, -0.2) is 54.1 Å². The molecule has 3 N–H and O–H groups in total. The number of piperidine rings is 1. The second-order valence-electron chi connectivity index (χ2n) is 8.46. The Bertz CT molecular complexity index is 810. The van der Waals surface area contributed by atoms with E-state index in [2.05, 4.69) is 16.0 Å². The lowest BCUT2D eigenvalue weighted by Crippen LogP contribution is -2.49. The standard InChI is InChI=1S/C23H32N4O5/c1-16(20(28)26-22(30)24-18-10-4-2-5-11-18)32-21(29)17-9-8-14-27(15-17)23(31)25-19-12-6-3-7-13-19/h3,6-7,12-13,16-18H,2,4-5,8-11,14-15H2,1H3,(H,25,31)(H2,24,26,28,30). The first kappa shape index (κ1) is 23.6. The van der Waals surface area contributed by atoms with Crippen LogP contribution in [0.3, 0.4) is 0 Å². The summed E-state index contributed by atoms with van der Waals surface area (Å²) in [6.45, 7) is 2.19. The monoisotopic (exact) mass is 444 g/mol. The van der Waals surface area contributed by atoms with Gasteiger partial charge in [0.05, 0.1) is 5.92 Å². The zero-order valence-corrected chi connectivity index (χ0v) is 18.5. The van der Waals surface area contributed by atoms with Crippen molar-refractivity contribution in [3.63, 3.8) is 0 Å². The summed E-state index contributed by atoms with van der Waals surface area (Å²) < 4.78 is 5.30. The van der Waals surface area contributed by atoms with Gasteiger partial charge in [-0.3, -0.25) is 14.9 Å². The molecule has 1 heterocycles. The number of hydrogen-bond donors (Lipinski definition) is 3. The van der Waals surface area contributed by atoms with Crippen LogP contribution in [0.4, 0.5) is 15.3 Å². The van der Waals surface area contributed by atoms with E-state index in [1.165, 1.54) is 6.92 Å². The average Bonchev–Trinajstić information content (AvgIpc) is 2.80. The SMILES string of the molecule is CC(OC(=O)C1CCCN(C(=O)Nc2ccccc2)C1)C(=O)NC(=O)NC1CCCCC1. The molecule has 1 saturated carbocycles. The fourth-order valence-electron chi connectivity index (χ4n) is 4.08. The number of imide groups is 1. The normalized spacial score (nSPS) is 20.0. The van der Waals surface area contributed by atoms with Gasteiger partial charge in [0.25, 0.3) is 5.91 Å². The number of hydrogen-bond acceptors (Lipinski definition) is 5. The van der Waals surface area contributed by atoms with E-state index in [0.29, 0.717) is 25.1 Å². The third-order valence-corrected chi connectivity index (χ3v) is 5.91. The van der Waals surface area contributed by atoms with Crippen LogP contribution in [0, 0.1) is 5.92 Å². The van der Waals surface area contributed by atoms with E-state index in [1.807, 2.05) is 18.2 Å². The molecule has 174 valence electrons. The molecule has 0 bridgehead atoms. The Balaban J connectivity index is 1.43. The summed E-state index contributed by atoms with van der Waals surface area (Å²) in [6.07, 6.45) is 5.23. The number of nitrogens with one attached hydrogen (secondary N) is 3. The largest absolute Gasteiger partial charge is 0.452 e. The molecule has 2 atom stereocenters. The predicted molar refractivity (Wildman–Crippen MR) is 119 cm³/mol. The molecule has 0 radical (unpaired) electrons. The van der Waals surface area contributed by atoms with Crippen LogP contribution in [0.2, 0.25) is 0 Å². The Labute approximate surface area is 188 Å². The number of para-hydroxylation sites is 1. The fraction of sp³-hybridized carbons (Fsp3) is 0.565. The second kappa shape index (κ2) is 11.5. The quantitative estimate of drug-likeness (QED) is 0.604. The summed E-state index contributed by atoms with van der Waals surface area (Å²) in [5.41, 5.74) is 0.680. The highest BCUT2D eigenvalue weighted by atomic mass is 16.5. The lowest BCUT2D eigenvalue weighted by atomic mass is 9.96. The molecular formula is C23H32N4O5. The average molecular weight is 445 g/mol. The summed E-state index contributed by atoms with van der Waals surface area (Å²) in [5.74, 6) is -1.73. The van der Waals surface area contributed by atoms with Crippen LogP contribution in [0.25, 0.3) is 0 Å². The Morgan fingerprint density at radius 3 is 2.44 bits per heavy atom. The summed E-state index contributed by atoms with van der Waals surface area (Å²) in [7, 11) is 0. The lowest BCUT2D eigenvalue weighted by molar-refractivity contribution is -0.159. The van der Waals surface area contributed by atoms with E-state index in [0.717, 1.165) is 32.1 Å². The zero-order chi connectivity index (χ0) is 22.9. The van der Waals surface area contributed by atoms with Crippen molar-refractivity contribution in [2.45, 2.75) is 64.0 Å². The van der Waals surface area contributed by atoms with Crippen molar-refractivity contribution in [1.29, 1.82) is 0 Å². The van der Waals surface area contributed by atoms with Crippen molar-refractivity contribution in [2.24, 2.45) is 5.92 Å². The number of likely N-dealkylation sites (tertiary alicyclic amines) is 1. The summed E-state index contributed by atoms with van der Waals surface area (Å²) in [6, 6.07) is 8.33. The predicted octanol–water partition coefficient (Wildman–Crippen LogP) is 3.02. The van der Waals surface area contributed by atoms with Crippen LogP contribution in [-0.2, 0) is 14.3 Å². The van der Waals surface area contributed by atoms with Crippen molar-refractivity contribution in [1.82, 2.24) is 15.5 Å². The van der Waals surface area contributed by atoms with Gasteiger partial charge in [-0.1, -0.05) is 37.5 Å². The minimum atomic E-state index is -1.10. The maximum absolute atomic E-state index is 12.6. The molecule has 32 heavy (non-hydrogen) atoms. The summed E-state index contributed by atoms with van der Waals surface area (Å²) in [5, 5.41) is 7.86. The Morgan fingerprint density at radius 2 is 1.72 bits per heavy atom. The summed E-state index contributed by atoms with van der Waals surface area (Å²) >= 11 is 0. The highest BCUT2D eigenvalue weighted by Crippen LogP contribution is 2.20. The van der Waals surface area contributed by atoms with Gasteiger partial charge >= 0.3 is 18.0 Å². The number of urea groups is 2. The van der Waals surface area contributed by atoms with E-state index in [1.54, 1.807) is 17.0 Å². The molecule has 9 nitrogen and oxygen atoms in total. The third-order valence-electron chi connectivity index (χ3n) is 5.91. The molecule has 1 aliphatic heterocycles. The van der Waals surface area contributed by atoms with E-state index in [9.17, 15) is 19.2 Å². The van der Waals surface area contributed by atoms with Crippen molar-refractivity contribution >= 4 is 29.6 Å². The molecule has 0 aromatic heterocycles. The van der Waals surface area contributed by atoms with Gasteiger partial charge in [-0.2, -0.15) is 0 Å². The van der Waals surface area contributed by atoms with Gasteiger partial charge in [0.15, 0.2) is 6.10 Å². The number of carbonyl (C=O) groups excluding carboxylic acids is 4. The first-order chi connectivity index (χ1) is 15.4. The van der Waals surface area contributed by atoms with E-state index in [-0.39, 0.29) is 18.6 Å².